The molecule has 0 radical (unpaired) electrons. The van der Waals surface area contributed by atoms with Crippen LogP contribution < -0.4 is 5.32 Å². The van der Waals surface area contributed by atoms with Crippen LogP contribution in [0.15, 0.2) is 30.3 Å². The van der Waals surface area contributed by atoms with Gasteiger partial charge in [0.25, 0.3) is 0 Å². The van der Waals surface area contributed by atoms with Crippen molar-refractivity contribution in [1.29, 1.82) is 5.26 Å². The second-order valence-electron chi connectivity index (χ2n) is 4.89. The van der Waals surface area contributed by atoms with E-state index in [2.05, 4.69) is 49.5 Å². The van der Waals surface area contributed by atoms with Gasteiger partial charge in [-0.1, -0.05) is 44.2 Å². The zero-order chi connectivity index (χ0) is 12.0. The van der Waals surface area contributed by atoms with E-state index in [0.29, 0.717) is 6.42 Å². The third-order valence-electron chi connectivity index (χ3n) is 2.85. The van der Waals surface area contributed by atoms with Crippen LogP contribution in [0.3, 0.4) is 0 Å². The number of nitrogens with zero attached hydrogens (tertiary/aromatic N) is 1. The van der Waals surface area contributed by atoms with Gasteiger partial charge in [-0.15, -0.1) is 0 Å². The molecule has 1 atom stereocenters. The minimum atomic E-state index is 0.102. The Morgan fingerprint density at radius 1 is 1.31 bits per heavy atom. The Morgan fingerprint density at radius 3 is 2.50 bits per heavy atom. The third kappa shape index (κ3) is 3.67. The quantitative estimate of drug-likeness (QED) is 0.821. The van der Waals surface area contributed by atoms with Gasteiger partial charge in [0, 0.05) is 18.0 Å². The smallest absolute Gasteiger partial charge is 0.0638 e. The highest BCUT2D eigenvalue weighted by molar-refractivity contribution is 5.23. The van der Waals surface area contributed by atoms with Gasteiger partial charge < -0.3 is 5.32 Å². The zero-order valence-corrected chi connectivity index (χ0v) is 10.3. The molecule has 0 saturated heterocycles. The van der Waals surface area contributed by atoms with Crippen LogP contribution in [0.25, 0.3) is 0 Å². The van der Waals surface area contributed by atoms with Gasteiger partial charge in [-0.3, -0.25) is 0 Å². The van der Waals surface area contributed by atoms with E-state index < -0.39 is 0 Å². The van der Waals surface area contributed by atoms with E-state index in [0.717, 1.165) is 6.54 Å². The van der Waals surface area contributed by atoms with Crippen LogP contribution in [0.5, 0.6) is 0 Å². The van der Waals surface area contributed by atoms with E-state index >= 15 is 0 Å². The molecule has 0 spiro atoms. The molecule has 0 heterocycles. The molecular weight excluding hydrogens is 196 g/mol. The van der Waals surface area contributed by atoms with Crippen molar-refractivity contribution in [3.8, 4) is 6.07 Å². The number of nitriles is 1. The molecule has 86 valence electrons. The highest BCUT2D eigenvalue weighted by Crippen LogP contribution is 2.21. The second kappa shape index (κ2) is 5.67. The summed E-state index contributed by atoms with van der Waals surface area (Å²) in [5, 5.41) is 12.0. The number of rotatable bonds is 5. The molecule has 0 aromatic heterocycles. The minimum Gasteiger partial charge on any atom is -0.312 e. The van der Waals surface area contributed by atoms with Gasteiger partial charge in [0.2, 0.25) is 0 Å². The Morgan fingerprint density at radius 2 is 1.94 bits per heavy atom. The van der Waals surface area contributed by atoms with Crippen molar-refractivity contribution < 1.29 is 0 Å². The summed E-state index contributed by atoms with van der Waals surface area (Å²) in [7, 11) is 0. The van der Waals surface area contributed by atoms with Crippen LogP contribution in [-0.4, -0.2) is 12.6 Å². The Kier molecular flexibility index (Phi) is 4.52. The maximum Gasteiger partial charge on any atom is 0.0638 e. The maximum atomic E-state index is 8.59. The van der Waals surface area contributed by atoms with Crippen molar-refractivity contribution >= 4 is 0 Å². The molecule has 1 N–H and O–H groups in total. The predicted octanol–water partition coefficient (Wildman–Crippen LogP) is 2.86. The molecular formula is C14H20N2. The van der Waals surface area contributed by atoms with E-state index in [9.17, 15) is 0 Å². The van der Waals surface area contributed by atoms with E-state index in [1.807, 2.05) is 13.0 Å². The Labute approximate surface area is 98.3 Å². The van der Waals surface area contributed by atoms with Crippen molar-refractivity contribution in [3.63, 3.8) is 0 Å². The van der Waals surface area contributed by atoms with Crippen LogP contribution in [0, 0.1) is 11.3 Å². The molecule has 1 rings (SSSR count). The number of hydrogen-bond acceptors (Lipinski definition) is 2. The fraction of sp³-hybridized carbons (Fsp3) is 0.500. The predicted molar refractivity (Wildman–Crippen MR) is 67.2 cm³/mol. The summed E-state index contributed by atoms with van der Waals surface area (Å²) in [5.74, 6) is 0. The van der Waals surface area contributed by atoms with Gasteiger partial charge in [-0.25, -0.2) is 0 Å². The first-order valence-corrected chi connectivity index (χ1v) is 5.72. The topological polar surface area (TPSA) is 35.8 Å². The SMILES string of the molecule is CC(CC#N)NCC(C)(C)c1ccccc1. The number of nitrogens with one attached hydrogen (secondary N) is 1. The van der Waals surface area contributed by atoms with Crippen molar-refractivity contribution in [3.05, 3.63) is 35.9 Å². The largest absolute Gasteiger partial charge is 0.312 e. The highest BCUT2D eigenvalue weighted by atomic mass is 14.9. The number of hydrogen-bond donors (Lipinski definition) is 1. The van der Waals surface area contributed by atoms with E-state index in [1.54, 1.807) is 0 Å². The second-order valence-corrected chi connectivity index (χ2v) is 4.89. The van der Waals surface area contributed by atoms with Crippen LogP contribution in [0.2, 0.25) is 0 Å². The van der Waals surface area contributed by atoms with Gasteiger partial charge in [-0.2, -0.15) is 5.26 Å². The normalized spacial score (nSPS) is 13.1. The lowest BCUT2D eigenvalue weighted by atomic mass is 9.84. The summed E-state index contributed by atoms with van der Waals surface area (Å²) in [6, 6.07) is 12.9. The van der Waals surface area contributed by atoms with Gasteiger partial charge in [0.1, 0.15) is 0 Å². The fourth-order valence-electron chi connectivity index (χ4n) is 1.63. The first-order valence-electron chi connectivity index (χ1n) is 5.72. The molecule has 0 bridgehead atoms. The van der Waals surface area contributed by atoms with Crippen LogP contribution in [-0.2, 0) is 5.41 Å². The summed E-state index contributed by atoms with van der Waals surface area (Å²) < 4.78 is 0. The van der Waals surface area contributed by atoms with Crippen molar-refractivity contribution in [2.75, 3.05) is 6.54 Å². The van der Waals surface area contributed by atoms with Crippen molar-refractivity contribution in [2.45, 2.75) is 38.6 Å². The van der Waals surface area contributed by atoms with Crippen LogP contribution >= 0.6 is 0 Å². The van der Waals surface area contributed by atoms with E-state index in [1.165, 1.54) is 5.56 Å². The first-order chi connectivity index (χ1) is 7.56. The van der Waals surface area contributed by atoms with E-state index in [-0.39, 0.29) is 11.5 Å². The Hall–Kier alpha value is -1.33. The lowest BCUT2D eigenvalue weighted by Crippen LogP contribution is -2.37. The molecule has 0 aliphatic carbocycles. The summed E-state index contributed by atoms with van der Waals surface area (Å²) >= 11 is 0. The zero-order valence-electron chi connectivity index (χ0n) is 10.3. The molecule has 2 nitrogen and oxygen atoms in total. The molecule has 0 amide bonds. The third-order valence-corrected chi connectivity index (χ3v) is 2.85. The average Bonchev–Trinajstić information content (AvgIpc) is 2.28. The number of benzene rings is 1. The lowest BCUT2D eigenvalue weighted by molar-refractivity contribution is 0.431. The molecule has 0 fully saturated rings. The highest BCUT2D eigenvalue weighted by Gasteiger charge is 2.20. The van der Waals surface area contributed by atoms with Crippen molar-refractivity contribution in [1.82, 2.24) is 5.32 Å². The summed E-state index contributed by atoms with van der Waals surface area (Å²) in [5.41, 5.74) is 1.43. The molecule has 0 aliphatic heterocycles. The Bertz CT molecular complexity index is 349. The molecule has 0 saturated carbocycles. The standard InChI is InChI=1S/C14H20N2/c1-12(9-10-15)16-11-14(2,3)13-7-5-4-6-8-13/h4-8,12,16H,9,11H2,1-3H3. The van der Waals surface area contributed by atoms with Crippen molar-refractivity contribution in [2.24, 2.45) is 0 Å². The first kappa shape index (κ1) is 12.7. The average molecular weight is 216 g/mol. The van der Waals surface area contributed by atoms with E-state index in [4.69, 9.17) is 5.26 Å². The minimum absolute atomic E-state index is 0.102. The van der Waals surface area contributed by atoms with Gasteiger partial charge in [-0.05, 0) is 12.5 Å². The summed E-state index contributed by atoms with van der Waals surface area (Å²) in [6.45, 7) is 7.37. The van der Waals surface area contributed by atoms with Crippen LogP contribution in [0.4, 0.5) is 0 Å². The summed E-state index contributed by atoms with van der Waals surface area (Å²) in [6.07, 6.45) is 0.560. The fourth-order valence-corrected chi connectivity index (χ4v) is 1.63. The molecule has 16 heavy (non-hydrogen) atoms. The molecule has 2 heteroatoms. The van der Waals surface area contributed by atoms with Gasteiger partial charge in [0.15, 0.2) is 0 Å². The maximum absolute atomic E-state index is 8.59. The molecule has 1 aromatic carbocycles. The van der Waals surface area contributed by atoms with Crippen LogP contribution in [0.1, 0.15) is 32.8 Å². The summed E-state index contributed by atoms with van der Waals surface area (Å²) in [4.78, 5) is 0. The molecule has 1 unspecified atom stereocenters. The monoisotopic (exact) mass is 216 g/mol. The lowest BCUT2D eigenvalue weighted by Gasteiger charge is -2.27. The Balaban J connectivity index is 2.56. The van der Waals surface area contributed by atoms with Gasteiger partial charge >= 0.3 is 0 Å². The molecule has 0 aliphatic rings. The van der Waals surface area contributed by atoms with Gasteiger partial charge in [0.05, 0.1) is 12.5 Å². The molecule has 1 aromatic rings.